The highest BCUT2D eigenvalue weighted by Gasteiger charge is 2.12. The average molecular weight is 314 g/mol. The zero-order chi connectivity index (χ0) is 16.1. The molecule has 0 saturated carbocycles. The Bertz CT molecular complexity index is 764. The number of carbonyl (C=O) groups excluding carboxylic acids is 1. The summed E-state index contributed by atoms with van der Waals surface area (Å²) in [4.78, 5) is 11.9. The normalized spacial score (nSPS) is 10.7. The van der Waals surface area contributed by atoms with Crippen molar-refractivity contribution in [1.29, 1.82) is 0 Å². The van der Waals surface area contributed by atoms with Gasteiger partial charge < -0.3 is 14.3 Å². The maximum absolute atomic E-state index is 13.0. The molecule has 23 heavy (non-hydrogen) atoms. The van der Waals surface area contributed by atoms with Crippen LogP contribution in [-0.4, -0.2) is 11.1 Å². The Hall–Kier alpha value is -2.89. The van der Waals surface area contributed by atoms with Gasteiger partial charge in [-0.05, 0) is 42.8 Å². The van der Waals surface area contributed by atoms with Crippen molar-refractivity contribution in [3.05, 3.63) is 66.0 Å². The predicted molar refractivity (Wildman–Crippen MR) is 80.8 cm³/mol. The number of nitrogens with zero attached hydrogens (tertiary/aromatic N) is 1. The van der Waals surface area contributed by atoms with Gasteiger partial charge in [0.25, 0.3) is 0 Å². The van der Waals surface area contributed by atoms with Crippen molar-refractivity contribution in [2.24, 2.45) is 0 Å². The summed E-state index contributed by atoms with van der Waals surface area (Å²) in [6.07, 6.45) is 3.93. The molecular formula is C17H15FN2O3. The zero-order valence-corrected chi connectivity index (χ0v) is 12.3. The molecule has 3 aromatic rings. The van der Waals surface area contributed by atoms with Crippen molar-refractivity contribution < 1.29 is 18.1 Å². The summed E-state index contributed by atoms with van der Waals surface area (Å²) in [5.41, 5.74) is 1.54. The van der Waals surface area contributed by atoms with Crippen molar-refractivity contribution in [1.82, 2.24) is 10.5 Å². The zero-order valence-electron chi connectivity index (χ0n) is 12.3. The number of hydrogen-bond donors (Lipinski definition) is 1. The number of rotatable bonds is 6. The van der Waals surface area contributed by atoms with Gasteiger partial charge in [-0.2, -0.15) is 0 Å². The Morgan fingerprint density at radius 3 is 2.78 bits per heavy atom. The van der Waals surface area contributed by atoms with Gasteiger partial charge in [-0.3, -0.25) is 4.79 Å². The van der Waals surface area contributed by atoms with Gasteiger partial charge in [0, 0.05) is 17.5 Å². The van der Waals surface area contributed by atoms with E-state index >= 15 is 0 Å². The van der Waals surface area contributed by atoms with Crippen molar-refractivity contribution in [2.75, 3.05) is 0 Å². The highest BCUT2D eigenvalue weighted by molar-refractivity contribution is 5.76. The molecular weight excluding hydrogens is 299 g/mol. The quantitative estimate of drug-likeness (QED) is 0.758. The van der Waals surface area contributed by atoms with Gasteiger partial charge in [0.1, 0.15) is 11.6 Å². The molecule has 0 unspecified atom stereocenters. The Morgan fingerprint density at radius 1 is 1.22 bits per heavy atom. The first-order chi connectivity index (χ1) is 11.2. The molecule has 0 saturated heterocycles. The molecule has 1 N–H and O–H groups in total. The molecule has 118 valence electrons. The Balaban J connectivity index is 1.57. The second kappa shape index (κ2) is 6.91. The van der Waals surface area contributed by atoms with Crippen LogP contribution in [0.1, 0.15) is 17.7 Å². The molecule has 0 aliphatic rings. The molecule has 1 aromatic carbocycles. The van der Waals surface area contributed by atoms with Gasteiger partial charge in [-0.25, -0.2) is 4.39 Å². The van der Waals surface area contributed by atoms with Crippen molar-refractivity contribution in [3.8, 4) is 11.3 Å². The van der Waals surface area contributed by atoms with Gasteiger partial charge in [0.05, 0.1) is 19.0 Å². The van der Waals surface area contributed by atoms with E-state index in [9.17, 15) is 9.18 Å². The number of hydrogen-bond acceptors (Lipinski definition) is 4. The summed E-state index contributed by atoms with van der Waals surface area (Å²) in [6, 6.07) is 9.53. The third-order valence-corrected chi connectivity index (χ3v) is 3.41. The van der Waals surface area contributed by atoms with Crippen LogP contribution in [-0.2, 0) is 17.8 Å². The number of halogens is 1. The standard InChI is InChI=1S/C17H15FN2O3/c18-14-6-3-12(4-7-14)17-13(10-20-23-17)5-8-16(21)19-11-15-2-1-9-22-15/h1-4,6-7,9-10H,5,8,11H2,(H,19,21). The van der Waals surface area contributed by atoms with Crippen LogP contribution in [0.4, 0.5) is 4.39 Å². The van der Waals surface area contributed by atoms with Crippen LogP contribution < -0.4 is 5.32 Å². The van der Waals surface area contributed by atoms with E-state index < -0.39 is 0 Å². The van der Waals surface area contributed by atoms with Crippen LogP contribution in [0.5, 0.6) is 0 Å². The minimum absolute atomic E-state index is 0.0901. The van der Waals surface area contributed by atoms with Crippen LogP contribution in [0, 0.1) is 5.82 Å². The lowest BCUT2D eigenvalue weighted by Crippen LogP contribution is -2.22. The number of aromatic nitrogens is 1. The minimum Gasteiger partial charge on any atom is -0.467 e. The molecule has 0 bridgehead atoms. The van der Waals surface area contributed by atoms with E-state index in [1.807, 2.05) is 0 Å². The fraction of sp³-hybridized carbons (Fsp3) is 0.176. The molecule has 0 aliphatic heterocycles. The Kier molecular flexibility index (Phi) is 4.52. The van der Waals surface area contributed by atoms with Gasteiger partial charge in [-0.15, -0.1) is 0 Å². The molecule has 2 aromatic heterocycles. The SMILES string of the molecule is O=C(CCc1cnoc1-c1ccc(F)cc1)NCc1ccco1. The van der Waals surface area contributed by atoms with Crippen molar-refractivity contribution in [2.45, 2.75) is 19.4 Å². The number of carbonyl (C=O) groups is 1. The molecule has 0 radical (unpaired) electrons. The largest absolute Gasteiger partial charge is 0.467 e. The number of amides is 1. The molecule has 0 atom stereocenters. The van der Waals surface area contributed by atoms with Gasteiger partial charge >= 0.3 is 0 Å². The van der Waals surface area contributed by atoms with E-state index in [4.69, 9.17) is 8.94 Å². The van der Waals surface area contributed by atoms with Crippen LogP contribution in [0.15, 0.2) is 57.8 Å². The minimum atomic E-state index is -0.313. The predicted octanol–water partition coefficient (Wildman–Crippen LogP) is 3.32. The fourth-order valence-corrected chi connectivity index (χ4v) is 2.21. The third-order valence-electron chi connectivity index (χ3n) is 3.41. The number of nitrogens with one attached hydrogen (secondary N) is 1. The summed E-state index contributed by atoms with van der Waals surface area (Å²) in [5.74, 6) is 0.860. The fourth-order valence-electron chi connectivity index (χ4n) is 2.21. The highest BCUT2D eigenvalue weighted by Crippen LogP contribution is 2.24. The first kappa shape index (κ1) is 15.0. The second-order valence-electron chi connectivity index (χ2n) is 5.04. The van der Waals surface area contributed by atoms with Crippen LogP contribution in [0.25, 0.3) is 11.3 Å². The van der Waals surface area contributed by atoms with E-state index in [-0.39, 0.29) is 11.7 Å². The molecule has 3 rings (SSSR count). The summed E-state index contributed by atoms with van der Waals surface area (Å²) < 4.78 is 23.4. The molecule has 5 nitrogen and oxygen atoms in total. The molecule has 6 heteroatoms. The van der Waals surface area contributed by atoms with E-state index in [2.05, 4.69) is 10.5 Å². The molecule has 0 aliphatic carbocycles. The molecule has 2 heterocycles. The first-order valence-electron chi connectivity index (χ1n) is 7.21. The van der Waals surface area contributed by atoms with Crippen molar-refractivity contribution >= 4 is 5.91 Å². The maximum Gasteiger partial charge on any atom is 0.220 e. The number of aryl methyl sites for hydroxylation is 1. The van der Waals surface area contributed by atoms with Crippen LogP contribution >= 0.6 is 0 Å². The summed E-state index contributed by atoms with van der Waals surface area (Å²) in [5, 5.41) is 6.55. The van der Waals surface area contributed by atoms with E-state index in [1.54, 1.807) is 36.7 Å². The van der Waals surface area contributed by atoms with Gasteiger partial charge in [0.2, 0.25) is 5.91 Å². The van der Waals surface area contributed by atoms with E-state index in [0.717, 1.165) is 11.1 Å². The molecule has 1 amide bonds. The first-order valence-corrected chi connectivity index (χ1v) is 7.21. The topological polar surface area (TPSA) is 68.3 Å². The molecule has 0 fully saturated rings. The number of benzene rings is 1. The Labute approximate surface area is 132 Å². The van der Waals surface area contributed by atoms with Gasteiger partial charge in [0.15, 0.2) is 5.76 Å². The maximum atomic E-state index is 13.0. The van der Waals surface area contributed by atoms with E-state index in [1.165, 1.54) is 12.1 Å². The van der Waals surface area contributed by atoms with Crippen LogP contribution in [0.3, 0.4) is 0 Å². The van der Waals surface area contributed by atoms with E-state index in [0.29, 0.717) is 30.9 Å². The molecule has 0 spiro atoms. The summed E-state index contributed by atoms with van der Waals surface area (Å²) >= 11 is 0. The summed E-state index contributed by atoms with van der Waals surface area (Å²) in [7, 11) is 0. The smallest absolute Gasteiger partial charge is 0.220 e. The lowest BCUT2D eigenvalue weighted by molar-refractivity contribution is -0.121. The monoisotopic (exact) mass is 314 g/mol. The van der Waals surface area contributed by atoms with Crippen LogP contribution in [0.2, 0.25) is 0 Å². The summed E-state index contributed by atoms with van der Waals surface area (Å²) in [6.45, 7) is 0.361. The Morgan fingerprint density at radius 2 is 2.04 bits per heavy atom. The number of furan rings is 1. The lowest BCUT2D eigenvalue weighted by atomic mass is 10.1. The third kappa shape index (κ3) is 3.85. The average Bonchev–Trinajstić information content (AvgIpc) is 3.23. The van der Waals surface area contributed by atoms with Gasteiger partial charge in [-0.1, -0.05) is 5.16 Å². The second-order valence-corrected chi connectivity index (χ2v) is 5.04. The van der Waals surface area contributed by atoms with Crippen molar-refractivity contribution in [3.63, 3.8) is 0 Å². The lowest BCUT2D eigenvalue weighted by Gasteiger charge is -2.04. The highest BCUT2D eigenvalue weighted by atomic mass is 19.1.